The van der Waals surface area contributed by atoms with Crippen molar-refractivity contribution in [2.75, 3.05) is 59.8 Å². The monoisotopic (exact) mass is 681 g/mol. The fourth-order valence-electron chi connectivity index (χ4n) is 3.78. The molecule has 15 heteroatoms. The second-order valence-corrected chi connectivity index (χ2v) is 12.5. The van der Waals surface area contributed by atoms with Crippen LogP contribution in [-0.4, -0.2) is 89.0 Å². The Balaban J connectivity index is 4.67. The van der Waals surface area contributed by atoms with Crippen LogP contribution < -0.4 is 5.73 Å². The van der Waals surface area contributed by atoms with Gasteiger partial charge < -0.3 is 34.3 Å². The normalized spacial score (nSPS) is 11.6. The Bertz CT molecular complexity index is 833. The minimum absolute atomic E-state index is 0.0353. The molecule has 0 radical (unpaired) electrons. The van der Waals surface area contributed by atoms with Gasteiger partial charge in [0.2, 0.25) is 5.96 Å². The minimum atomic E-state index is -4.16. The highest BCUT2D eigenvalue weighted by Crippen LogP contribution is 2.50. The second kappa shape index (κ2) is 29.8. The summed E-state index contributed by atoms with van der Waals surface area (Å²) in [5.41, 5.74) is 5.97. The summed E-state index contributed by atoms with van der Waals surface area (Å²) in [5, 5.41) is 0. The summed E-state index contributed by atoms with van der Waals surface area (Å²) in [5.74, 6) is -0.791. The first kappa shape index (κ1) is 43.4. The minimum Gasteiger partial charge on any atom is -0.464 e. The SMILES string of the molecule is CCCCCCCCOC(=O)OCCCOP(=O)(/N=C(\N)N(C)CC(=O)OCCC)OCCCOC(=O)OCCCCCCCC. The Morgan fingerprint density at radius 1 is 0.565 bits per heavy atom. The zero-order valence-electron chi connectivity index (χ0n) is 28.7. The molecular formula is C31H60N3O11P. The quantitative estimate of drug-likeness (QED) is 0.0211. The van der Waals surface area contributed by atoms with Crippen molar-refractivity contribution in [2.24, 2.45) is 10.5 Å². The number of nitrogens with zero attached hydrogens (tertiary/aromatic N) is 2. The molecule has 0 bridgehead atoms. The first-order valence-corrected chi connectivity index (χ1v) is 18.4. The molecule has 14 nitrogen and oxygen atoms in total. The van der Waals surface area contributed by atoms with E-state index in [4.69, 9.17) is 38.5 Å². The van der Waals surface area contributed by atoms with E-state index in [9.17, 15) is 18.9 Å². The number of rotatable bonds is 29. The Labute approximate surface area is 275 Å². The second-order valence-electron chi connectivity index (χ2n) is 10.8. The molecule has 0 amide bonds. The van der Waals surface area contributed by atoms with E-state index >= 15 is 0 Å². The van der Waals surface area contributed by atoms with Gasteiger partial charge in [0.25, 0.3) is 0 Å². The first-order valence-electron chi connectivity index (χ1n) is 16.9. The van der Waals surface area contributed by atoms with Crippen LogP contribution in [0.2, 0.25) is 0 Å². The third kappa shape index (κ3) is 26.6. The Morgan fingerprint density at radius 3 is 1.41 bits per heavy atom. The summed E-state index contributed by atoms with van der Waals surface area (Å²) in [6.07, 6.45) is 12.3. The van der Waals surface area contributed by atoms with Crippen molar-refractivity contribution < 1.29 is 51.7 Å². The summed E-state index contributed by atoms with van der Waals surface area (Å²) < 4.78 is 53.4. The lowest BCUT2D eigenvalue weighted by atomic mass is 10.1. The lowest BCUT2D eigenvalue weighted by Crippen LogP contribution is -2.38. The molecule has 2 N–H and O–H groups in total. The number of ether oxygens (including phenoxy) is 5. The zero-order valence-corrected chi connectivity index (χ0v) is 29.6. The zero-order chi connectivity index (χ0) is 34.3. The van der Waals surface area contributed by atoms with Crippen LogP contribution in [0.5, 0.6) is 0 Å². The molecule has 270 valence electrons. The summed E-state index contributed by atoms with van der Waals surface area (Å²) >= 11 is 0. The molecule has 0 aliphatic heterocycles. The Morgan fingerprint density at radius 2 is 0.978 bits per heavy atom. The van der Waals surface area contributed by atoms with Crippen molar-refractivity contribution in [3.05, 3.63) is 0 Å². The summed E-state index contributed by atoms with van der Waals surface area (Å²) in [7, 11) is -2.69. The topological polar surface area (TPSA) is 175 Å². The molecule has 0 aliphatic rings. The average Bonchev–Trinajstić information content (AvgIpc) is 3.02. The van der Waals surface area contributed by atoms with Crippen molar-refractivity contribution in [1.29, 1.82) is 0 Å². The van der Waals surface area contributed by atoms with Crippen LogP contribution in [0.15, 0.2) is 4.76 Å². The molecule has 0 rings (SSSR count). The van der Waals surface area contributed by atoms with Gasteiger partial charge >= 0.3 is 26.0 Å². The van der Waals surface area contributed by atoms with Crippen molar-refractivity contribution >= 4 is 32.0 Å². The number of unbranched alkanes of at least 4 members (excludes halogenated alkanes) is 10. The van der Waals surface area contributed by atoms with Crippen LogP contribution in [0.3, 0.4) is 0 Å². The number of esters is 1. The van der Waals surface area contributed by atoms with Crippen LogP contribution in [0, 0.1) is 0 Å². The van der Waals surface area contributed by atoms with Crippen molar-refractivity contribution in [2.45, 2.75) is 117 Å². The van der Waals surface area contributed by atoms with Gasteiger partial charge in [-0.05, 0) is 19.3 Å². The van der Waals surface area contributed by atoms with Crippen molar-refractivity contribution in [3.63, 3.8) is 0 Å². The van der Waals surface area contributed by atoms with E-state index in [0.717, 1.165) is 38.5 Å². The number of likely N-dealkylation sites (N-methyl/N-ethyl adjacent to an activating group) is 1. The lowest BCUT2D eigenvalue weighted by molar-refractivity contribution is -0.143. The molecule has 0 saturated heterocycles. The Hall–Kier alpha value is -2.57. The number of guanidine groups is 1. The van der Waals surface area contributed by atoms with Crippen LogP contribution >= 0.6 is 7.75 Å². The van der Waals surface area contributed by atoms with Crippen LogP contribution in [0.25, 0.3) is 0 Å². The van der Waals surface area contributed by atoms with Crippen LogP contribution in [0.1, 0.15) is 117 Å². The molecule has 0 aromatic carbocycles. The van der Waals surface area contributed by atoms with Gasteiger partial charge in [-0.1, -0.05) is 85.0 Å². The fourth-order valence-corrected chi connectivity index (χ4v) is 5.09. The predicted octanol–water partition coefficient (Wildman–Crippen LogP) is 7.14. The van der Waals surface area contributed by atoms with Crippen LogP contribution in [-0.2, 0) is 42.1 Å². The highest BCUT2D eigenvalue weighted by molar-refractivity contribution is 7.52. The number of hydrogen-bond acceptors (Lipinski definition) is 11. The molecule has 0 aromatic heterocycles. The van der Waals surface area contributed by atoms with Gasteiger partial charge in [-0.3, -0.25) is 13.8 Å². The van der Waals surface area contributed by atoms with E-state index in [1.54, 1.807) is 0 Å². The van der Waals surface area contributed by atoms with Gasteiger partial charge in [-0.15, -0.1) is 4.76 Å². The number of hydrogen-bond donors (Lipinski definition) is 1. The molecule has 0 fully saturated rings. The standard InChI is InChI=1S/C31H60N3O11P/c1-5-8-10-12-14-16-21-40-30(36)42-23-18-25-44-46(38,33-29(32)34(4)27-28(35)39-20-7-3)45-26-19-24-43-31(37)41-22-17-15-13-11-9-6-2/h5-27H2,1-4H3,(H2,32,33,38). The number of nitrogens with two attached hydrogens (primary N) is 1. The fraction of sp³-hybridized carbons (Fsp3) is 0.871. The predicted molar refractivity (Wildman–Crippen MR) is 176 cm³/mol. The third-order valence-electron chi connectivity index (χ3n) is 6.41. The van der Waals surface area contributed by atoms with E-state index in [1.807, 2.05) is 6.92 Å². The molecule has 0 heterocycles. The van der Waals surface area contributed by atoms with Crippen molar-refractivity contribution in [1.82, 2.24) is 4.90 Å². The van der Waals surface area contributed by atoms with Gasteiger partial charge in [0, 0.05) is 19.9 Å². The molecule has 0 unspecified atom stereocenters. The van der Waals surface area contributed by atoms with Gasteiger partial charge in [-0.25, -0.2) is 14.2 Å². The maximum atomic E-state index is 13.4. The molecule has 0 aromatic rings. The lowest BCUT2D eigenvalue weighted by Gasteiger charge is -2.20. The molecule has 0 spiro atoms. The maximum Gasteiger partial charge on any atom is 0.508 e. The van der Waals surface area contributed by atoms with Crippen molar-refractivity contribution in [3.8, 4) is 0 Å². The van der Waals surface area contributed by atoms with E-state index in [-0.39, 0.29) is 58.4 Å². The number of carbonyl (C=O) groups excluding carboxylic acids is 3. The molecule has 0 saturated carbocycles. The van der Waals surface area contributed by atoms with E-state index < -0.39 is 26.0 Å². The number of carbonyl (C=O) groups is 3. The van der Waals surface area contributed by atoms with E-state index in [2.05, 4.69) is 18.6 Å². The first-order chi connectivity index (χ1) is 22.2. The van der Waals surface area contributed by atoms with E-state index in [1.165, 1.54) is 50.5 Å². The highest BCUT2D eigenvalue weighted by Gasteiger charge is 2.26. The van der Waals surface area contributed by atoms with Gasteiger partial charge in [0.15, 0.2) is 0 Å². The van der Waals surface area contributed by atoms with Gasteiger partial charge in [-0.2, -0.15) is 0 Å². The van der Waals surface area contributed by atoms with Gasteiger partial charge in [0.05, 0.1) is 46.2 Å². The summed E-state index contributed by atoms with van der Waals surface area (Å²) in [6, 6.07) is 0. The average molecular weight is 682 g/mol. The third-order valence-corrected chi connectivity index (χ3v) is 7.88. The largest absolute Gasteiger partial charge is 0.508 e. The molecular weight excluding hydrogens is 621 g/mol. The Kier molecular flexibility index (Phi) is 28.1. The maximum absolute atomic E-state index is 13.4. The summed E-state index contributed by atoms with van der Waals surface area (Å²) in [6.45, 7) is 6.45. The van der Waals surface area contributed by atoms with E-state index in [0.29, 0.717) is 19.6 Å². The highest BCUT2D eigenvalue weighted by atomic mass is 31.2. The molecule has 0 aliphatic carbocycles. The molecule has 46 heavy (non-hydrogen) atoms. The smallest absolute Gasteiger partial charge is 0.464 e. The molecule has 0 atom stereocenters. The van der Waals surface area contributed by atoms with Gasteiger partial charge in [0.1, 0.15) is 6.54 Å². The van der Waals surface area contributed by atoms with Crippen LogP contribution in [0.4, 0.5) is 9.59 Å². The summed E-state index contributed by atoms with van der Waals surface area (Å²) in [4.78, 5) is 36.8.